The minimum absolute atomic E-state index is 0.0647. The van der Waals surface area contributed by atoms with Gasteiger partial charge >= 0.3 is 0 Å². The first-order valence-corrected chi connectivity index (χ1v) is 11.9. The van der Waals surface area contributed by atoms with Gasteiger partial charge in [-0.25, -0.2) is 8.42 Å². The van der Waals surface area contributed by atoms with Gasteiger partial charge in [0, 0.05) is 45.2 Å². The van der Waals surface area contributed by atoms with Gasteiger partial charge < -0.3 is 10.2 Å². The molecule has 6 nitrogen and oxygen atoms in total. The largest absolute Gasteiger partial charge is 0.355 e. The standard InChI is InChI=1S/C21H33N3O3S/c1-17-14-18(2)16-23(15-17)13-10-22-21(25)19-8-11-24(12-9-19)28(26,27)20-6-4-3-5-7-20/h3-7,17-19H,8-16H2,1-2H3,(H,22,25). The summed E-state index contributed by atoms with van der Waals surface area (Å²) in [5, 5.41) is 3.07. The van der Waals surface area contributed by atoms with E-state index in [1.54, 1.807) is 30.3 Å². The molecule has 2 saturated heterocycles. The van der Waals surface area contributed by atoms with Crippen LogP contribution >= 0.6 is 0 Å². The highest BCUT2D eigenvalue weighted by Gasteiger charge is 2.32. The molecule has 7 heteroatoms. The summed E-state index contributed by atoms with van der Waals surface area (Å²) >= 11 is 0. The molecule has 156 valence electrons. The monoisotopic (exact) mass is 407 g/mol. The first-order chi connectivity index (χ1) is 13.4. The van der Waals surface area contributed by atoms with Gasteiger partial charge in [-0.3, -0.25) is 4.79 Å². The van der Waals surface area contributed by atoms with E-state index in [1.807, 2.05) is 0 Å². The minimum Gasteiger partial charge on any atom is -0.355 e. The third kappa shape index (κ3) is 5.33. The van der Waals surface area contributed by atoms with Crippen molar-refractivity contribution in [1.82, 2.24) is 14.5 Å². The minimum atomic E-state index is -3.46. The normalized spacial score (nSPS) is 25.5. The van der Waals surface area contributed by atoms with Crippen molar-refractivity contribution < 1.29 is 13.2 Å². The maximum atomic E-state index is 12.7. The van der Waals surface area contributed by atoms with Gasteiger partial charge in [-0.15, -0.1) is 0 Å². The highest BCUT2D eigenvalue weighted by Crippen LogP contribution is 2.24. The van der Waals surface area contributed by atoms with E-state index in [2.05, 4.69) is 24.1 Å². The molecule has 2 unspecified atom stereocenters. The van der Waals surface area contributed by atoms with Crippen LogP contribution in [-0.2, 0) is 14.8 Å². The molecule has 2 heterocycles. The molecule has 0 aromatic heterocycles. The lowest BCUT2D eigenvalue weighted by Crippen LogP contribution is -2.46. The fourth-order valence-electron chi connectivity index (χ4n) is 4.56. The van der Waals surface area contributed by atoms with Crippen molar-refractivity contribution in [3.63, 3.8) is 0 Å². The van der Waals surface area contributed by atoms with E-state index >= 15 is 0 Å². The van der Waals surface area contributed by atoms with Crippen molar-refractivity contribution in [3.8, 4) is 0 Å². The van der Waals surface area contributed by atoms with Gasteiger partial charge in [0.05, 0.1) is 4.90 Å². The molecular formula is C21H33N3O3S. The lowest BCUT2D eigenvalue weighted by atomic mass is 9.92. The molecular weight excluding hydrogens is 374 g/mol. The lowest BCUT2D eigenvalue weighted by Gasteiger charge is -2.35. The van der Waals surface area contributed by atoms with Gasteiger partial charge in [0.1, 0.15) is 0 Å². The van der Waals surface area contributed by atoms with Crippen LogP contribution in [0.1, 0.15) is 33.1 Å². The van der Waals surface area contributed by atoms with Crippen LogP contribution in [0.3, 0.4) is 0 Å². The van der Waals surface area contributed by atoms with Crippen LogP contribution in [0.4, 0.5) is 0 Å². The van der Waals surface area contributed by atoms with Crippen molar-refractivity contribution in [2.24, 2.45) is 17.8 Å². The summed E-state index contributed by atoms with van der Waals surface area (Å²) in [5.41, 5.74) is 0. The number of amides is 1. The Bertz CT molecular complexity index is 735. The molecule has 0 radical (unpaired) electrons. The number of hydrogen-bond donors (Lipinski definition) is 1. The Morgan fingerprint density at radius 3 is 2.29 bits per heavy atom. The van der Waals surface area contributed by atoms with Crippen LogP contribution in [0, 0.1) is 17.8 Å². The van der Waals surface area contributed by atoms with Crippen LogP contribution in [-0.4, -0.2) is 62.8 Å². The van der Waals surface area contributed by atoms with E-state index in [0.29, 0.717) is 37.4 Å². The summed E-state index contributed by atoms with van der Waals surface area (Å²) in [6.45, 7) is 9.15. The van der Waals surface area contributed by atoms with Gasteiger partial charge in [0.25, 0.3) is 0 Å². The molecule has 2 aliphatic rings. The number of sulfonamides is 1. The number of carbonyl (C=O) groups is 1. The highest BCUT2D eigenvalue weighted by molar-refractivity contribution is 7.89. The SMILES string of the molecule is CC1CC(C)CN(CCNC(=O)C2CCN(S(=O)(=O)c3ccccc3)CC2)C1. The highest BCUT2D eigenvalue weighted by atomic mass is 32.2. The van der Waals surface area contributed by atoms with Crippen molar-refractivity contribution in [2.75, 3.05) is 39.3 Å². The van der Waals surface area contributed by atoms with Crippen molar-refractivity contribution in [1.29, 1.82) is 0 Å². The number of hydrogen-bond acceptors (Lipinski definition) is 4. The van der Waals surface area contributed by atoms with Gasteiger partial charge in [-0.1, -0.05) is 32.0 Å². The molecule has 1 aromatic carbocycles. The maximum Gasteiger partial charge on any atom is 0.243 e. The number of benzene rings is 1. The molecule has 3 rings (SSSR count). The second-order valence-corrected chi connectivity index (χ2v) is 10.4. The lowest BCUT2D eigenvalue weighted by molar-refractivity contribution is -0.126. The van der Waals surface area contributed by atoms with Crippen LogP contribution in [0.5, 0.6) is 0 Å². The summed E-state index contributed by atoms with van der Waals surface area (Å²) in [6, 6.07) is 8.52. The van der Waals surface area contributed by atoms with Gasteiger partial charge in [0.2, 0.25) is 15.9 Å². The van der Waals surface area contributed by atoms with Crippen LogP contribution < -0.4 is 5.32 Å². The first kappa shape index (κ1) is 21.3. The second kappa shape index (κ2) is 9.37. The molecule has 28 heavy (non-hydrogen) atoms. The smallest absolute Gasteiger partial charge is 0.243 e. The number of nitrogens with zero attached hydrogens (tertiary/aromatic N) is 2. The zero-order chi connectivity index (χ0) is 20.1. The Labute approximate surface area is 169 Å². The summed E-state index contributed by atoms with van der Waals surface area (Å²) < 4.78 is 26.9. The fourth-order valence-corrected chi connectivity index (χ4v) is 6.05. The molecule has 0 bridgehead atoms. The number of carbonyl (C=O) groups excluding carboxylic acids is 1. The Morgan fingerprint density at radius 1 is 1.07 bits per heavy atom. The Hall–Kier alpha value is -1.44. The number of rotatable bonds is 6. The molecule has 1 N–H and O–H groups in total. The van der Waals surface area contributed by atoms with E-state index in [0.717, 1.165) is 31.5 Å². The van der Waals surface area contributed by atoms with E-state index in [4.69, 9.17) is 0 Å². The molecule has 2 aliphatic heterocycles. The average molecular weight is 408 g/mol. The summed E-state index contributed by atoms with van der Waals surface area (Å²) in [6.07, 6.45) is 2.44. The van der Waals surface area contributed by atoms with E-state index < -0.39 is 10.0 Å². The van der Waals surface area contributed by atoms with Gasteiger partial charge in [0.15, 0.2) is 0 Å². The molecule has 0 aliphatic carbocycles. The maximum absolute atomic E-state index is 12.7. The zero-order valence-electron chi connectivity index (χ0n) is 17.0. The van der Waals surface area contributed by atoms with Crippen molar-refractivity contribution >= 4 is 15.9 Å². The summed E-state index contributed by atoms with van der Waals surface area (Å²) in [4.78, 5) is 15.3. The number of nitrogens with one attached hydrogen (secondary N) is 1. The third-order valence-corrected chi connectivity index (χ3v) is 7.79. The van der Waals surface area contributed by atoms with E-state index in [-0.39, 0.29) is 11.8 Å². The van der Waals surface area contributed by atoms with Crippen molar-refractivity contribution in [3.05, 3.63) is 30.3 Å². The molecule has 1 aromatic rings. The summed E-state index contributed by atoms with van der Waals surface area (Å²) in [7, 11) is -3.46. The quantitative estimate of drug-likeness (QED) is 0.785. The molecule has 0 saturated carbocycles. The molecule has 2 fully saturated rings. The van der Waals surface area contributed by atoms with Crippen LogP contribution in [0.2, 0.25) is 0 Å². The predicted octanol–water partition coefficient (Wildman–Crippen LogP) is 2.18. The second-order valence-electron chi connectivity index (χ2n) is 8.49. The van der Waals surface area contributed by atoms with Crippen LogP contribution in [0.25, 0.3) is 0 Å². The first-order valence-electron chi connectivity index (χ1n) is 10.4. The fraction of sp³-hybridized carbons (Fsp3) is 0.667. The topological polar surface area (TPSA) is 69.7 Å². The predicted molar refractivity (Wildman–Crippen MR) is 110 cm³/mol. The molecule has 1 amide bonds. The average Bonchev–Trinajstić information content (AvgIpc) is 2.68. The number of likely N-dealkylation sites (tertiary alicyclic amines) is 1. The zero-order valence-corrected chi connectivity index (χ0v) is 17.8. The Balaban J connectivity index is 1.43. The Kier molecular flexibility index (Phi) is 7.12. The molecule has 2 atom stereocenters. The van der Waals surface area contributed by atoms with E-state index in [9.17, 15) is 13.2 Å². The number of piperidine rings is 2. The Morgan fingerprint density at radius 2 is 1.68 bits per heavy atom. The van der Waals surface area contributed by atoms with Gasteiger partial charge in [-0.05, 0) is 43.2 Å². The van der Waals surface area contributed by atoms with Gasteiger partial charge in [-0.2, -0.15) is 4.31 Å². The molecule has 0 spiro atoms. The van der Waals surface area contributed by atoms with E-state index in [1.165, 1.54) is 10.7 Å². The van der Waals surface area contributed by atoms with Crippen molar-refractivity contribution in [2.45, 2.75) is 38.0 Å². The van der Waals surface area contributed by atoms with Crippen LogP contribution in [0.15, 0.2) is 35.2 Å². The third-order valence-electron chi connectivity index (χ3n) is 5.88. The summed E-state index contributed by atoms with van der Waals surface area (Å²) in [5.74, 6) is 1.40.